The Morgan fingerprint density at radius 1 is 1.50 bits per heavy atom. The highest BCUT2D eigenvalue weighted by Crippen LogP contribution is 2.46. The molecule has 1 unspecified atom stereocenters. The average molecular weight is 246 g/mol. The molecule has 2 aliphatic rings. The van der Waals surface area contributed by atoms with Crippen molar-refractivity contribution in [3.63, 3.8) is 0 Å². The fourth-order valence-corrected chi connectivity index (χ4v) is 4.05. The molecule has 1 atom stereocenters. The monoisotopic (exact) mass is 246 g/mol. The summed E-state index contributed by atoms with van der Waals surface area (Å²) in [5.41, 5.74) is 5.22. The first kappa shape index (κ1) is 11.9. The van der Waals surface area contributed by atoms with Gasteiger partial charge in [0.25, 0.3) is 0 Å². The van der Waals surface area contributed by atoms with Crippen LogP contribution in [0.25, 0.3) is 0 Å². The van der Waals surface area contributed by atoms with Crippen LogP contribution in [0.3, 0.4) is 0 Å². The molecule has 1 aliphatic carbocycles. The van der Waals surface area contributed by atoms with E-state index in [1.165, 1.54) is 0 Å². The molecule has 0 bridgehead atoms. The van der Waals surface area contributed by atoms with Crippen LogP contribution >= 0.6 is 0 Å². The second kappa shape index (κ2) is 3.70. The lowest BCUT2D eigenvalue weighted by Crippen LogP contribution is -2.44. The van der Waals surface area contributed by atoms with Crippen LogP contribution in [-0.4, -0.2) is 50.4 Å². The highest BCUT2D eigenvalue weighted by molar-refractivity contribution is 7.91. The van der Waals surface area contributed by atoms with Gasteiger partial charge in [0.15, 0.2) is 9.84 Å². The van der Waals surface area contributed by atoms with Crippen molar-refractivity contribution < 1.29 is 13.2 Å². The van der Waals surface area contributed by atoms with Gasteiger partial charge in [-0.3, -0.25) is 4.79 Å². The van der Waals surface area contributed by atoms with Crippen LogP contribution in [0.1, 0.15) is 19.3 Å². The Balaban J connectivity index is 2.04. The maximum atomic E-state index is 12.1. The van der Waals surface area contributed by atoms with Crippen molar-refractivity contribution >= 4 is 15.7 Å². The van der Waals surface area contributed by atoms with Crippen LogP contribution in [0.2, 0.25) is 0 Å². The molecule has 0 aromatic carbocycles. The van der Waals surface area contributed by atoms with E-state index in [9.17, 15) is 13.2 Å². The van der Waals surface area contributed by atoms with E-state index >= 15 is 0 Å². The highest BCUT2D eigenvalue weighted by Gasteiger charge is 2.51. The normalized spacial score (nSPS) is 30.0. The van der Waals surface area contributed by atoms with Gasteiger partial charge >= 0.3 is 0 Å². The first-order chi connectivity index (χ1) is 7.40. The Labute approximate surface area is 95.9 Å². The summed E-state index contributed by atoms with van der Waals surface area (Å²) in [6, 6.07) is -0.151. The Morgan fingerprint density at radius 3 is 2.50 bits per heavy atom. The number of rotatable bonds is 3. The van der Waals surface area contributed by atoms with E-state index in [2.05, 4.69) is 0 Å². The third-order valence-electron chi connectivity index (χ3n) is 3.77. The zero-order valence-corrected chi connectivity index (χ0v) is 10.3. The molecule has 0 radical (unpaired) electrons. The SMILES string of the molecule is CN(C(=O)C1(CN)CC1)C1CCS(=O)(=O)C1. The van der Waals surface area contributed by atoms with Crippen molar-refractivity contribution in [2.75, 3.05) is 25.1 Å². The fourth-order valence-electron chi connectivity index (χ4n) is 2.28. The van der Waals surface area contributed by atoms with Crippen LogP contribution in [0.4, 0.5) is 0 Å². The summed E-state index contributed by atoms with van der Waals surface area (Å²) >= 11 is 0. The third-order valence-corrected chi connectivity index (χ3v) is 5.52. The molecular weight excluding hydrogens is 228 g/mol. The van der Waals surface area contributed by atoms with Gasteiger partial charge in [-0.15, -0.1) is 0 Å². The summed E-state index contributed by atoms with van der Waals surface area (Å²) in [7, 11) is -1.23. The second-order valence-electron chi connectivity index (χ2n) is 4.96. The molecule has 2 N–H and O–H groups in total. The van der Waals surface area contributed by atoms with E-state index < -0.39 is 9.84 Å². The maximum absolute atomic E-state index is 12.1. The summed E-state index contributed by atoms with van der Waals surface area (Å²) < 4.78 is 22.7. The number of sulfone groups is 1. The minimum absolute atomic E-state index is 0.0251. The predicted octanol–water partition coefficient (Wildman–Crippen LogP) is -0.629. The molecule has 0 aromatic heterocycles. The van der Waals surface area contributed by atoms with Crippen LogP contribution in [0, 0.1) is 5.41 Å². The molecule has 5 nitrogen and oxygen atoms in total. The Hall–Kier alpha value is -0.620. The van der Waals surface area contributed by atoms with E-state index in [0.717, 1.165) is 12.8 Å². The predicted molar refractivity (Wildman–Crippen MR) is 60.6 cm³/mol. The fraction of sp³-hybridized carbons (Fsp3) is 0.900. The molecule has 2 rings (SSSR count). The van der Waals surface area contributed by atoms with Gasteiger partial charge in [-0.2, -0.15) is 0 Å². The Kier molecular flexibility index (Phi) is 2.74. The number of amides is 1. The van der Waals surface area contributed by atoms with Gasteiger partial charge < -0.3 is 10.6 Å². The standard InChI is InChI=1S/C10H18N2O3S/c1-12(8-2-5-16(14,15)6-8)9(13)10(7-11)3-4-10/h8H,2-7,11H2,1H3. The van der Waals surface area contributed by atoms with Gasteiger partial charge in [0.2, 0.25) is 5.91 Å². The number of carbonyl (C=O) groups is 1. The number of hydrogen-bond acceptors (Lipinski definition) is 4. The van der Waals surface area contributed by atoms with E-state index in [-0.39, 0.29) is 28.9 Å². The van der Waals surface area contributed by atoms with Crippen molar-refractivity contribution in [1.29, 1.82) is 0 Å². The summed E-state index contributed by atoms with van der Waals surface area (Å²) in [6.07, 6.45) is 2.24. The number of nitrogens with zero attached hydrogens (tertiary/aromatic N) is 1. The molecule has 1 saturated heterocycles. The summed E-state index contributed by atoms with van der Waals surface area (Å²) in [4.78, 5) is 13.7. The molecule has 1 amide bonds. The van der Waals surface area contributed by atoms with E-state index in [1.807, 2.05) is 0 Å². The lowest BCUT2D eigenvalue weighted by atomic mass is 10.0. The summed E-state index contributed by atoms with van der Waals surface area (Å²) in [5, 5.41) is 0. The average Bonchev–Trinajstić information content (AvgIpc) is 2.96. The Morgan fingerprint density at radius 2 is 2.12 bits per heavy atom. The van der Waals surface area contributed by atoms with Crippen LogP contribution in [0.5, 0.6) is 0 Å². The molecule has 1 saturated carbocycles. The zero-order chi connectivity index (χ0) is 12.0. The molecule has 1 heterocycles. The molecule has 0 spiro atoms. The number of hydrogen-bond donors (Lipinski definition) is 1. The first-order valence-electron chi connectivity index (χ1n) is 5.58. The highest BCUT2D eigenvalue weighted by atomic mass is 32.2. The lowest BCUT2D eigenvalue weighted by molar-refractivity contribution is -0.137. The van der Waals surface area contributed by atoms with Gasteiger partial charge in [-0.1, -0.05) is 0 Å². The van der Waals surface area contributed by atoms with Crippen molar-refractivity contribution in [1.82, 2.24) is 4.90 Å². The smallest absolute Gasteiger partial charge is 0.230 e. The number of carbonyl (C=O) groups excluding carboxylic acids is 1. The van der Waals surface area contributed by atoms with Gasteiger partial charge in [0.1, 0.15) is 0 Å². The van der Waals surface area contributed by atoms with Crippen molar-refractivity contribution in [3.8, 4) is 0 Å². The van der Waals surface area contributed by atoms with Crippen LogP contribution in [0.15, 0.2) is 0 Å². The molecule has 0 aromatic rings. The van der Waals surface area contributed by atoms with Gasteiger partial charge in [-0.25, -0.2) is 8.42 Å². The van der Waals surface area contributed by atoms with Crippen molar-refractivity contribution in [2.45, 2.75) is 25.3 Å². The van der Waals surface area contributed by atoms with Gasteiger partial charge in [0, 0.05) is 19.6 Å². The molecule has 6 heteroatoms. The van der Waals surface area contributed by atoms with E-state index in [0.29, 0.717) is 13.0 Å². The second-order valence-corrected chi connectivity index (χ2v) is 7.19. The minimum atomic E-state index is -2.93. The molecule has 1 aliphatic heterocycles. The van der Waals surface area contributed by atoms with E-state index in [4.69, 9.17) is 5.73 Å². The third kappa shape index (κ3) is 1.96. The summed E-state index contributed by atoms with van der Waals surface area (Å²) in [5.74, 6) is 0.331. The largest absolute Gasteiger partial charge is 0.341 e. The number of nitrogens with two attached hydrogens (primary N) is 1. The first-order valence-corrected chi connectivity index (χ1v) is 7.40. The van der Waals surface area contributed by atoms with Crippen LogP contribution < -0.4 is 5.73 Å². The maximum Gasteiger partial charge on any atom is 0.230 e. The van der Waals surface area contributed by atoms with Gasteiger partial charge in [-0.05, 0) is 19.3 Å². The quantitative estimate of drug-likeness (QED) is 0.719. The minimum Gasteiger partial charge on any atom is -0.341 e. The van der Waals surface area contributed by atoms with E-state index in [1.54, 1.807) is 11.9 Å². The Bertz CT molecular complexity index is 400. The topological polar surface area (TPSA) is 80.5 Å². The molecular formula is C10H18N2O3S. The molecule has 92 valence electrons. The molecule has 16 heavy (non-hydrogen) atoms. The lowest BCUT2D eigenvalue weighted by Gasteiger charge is -2.27. The zero-order valence-electron chi connectivity index (χ0n) is 9.48. The molecule has 2 fully saturated rings. The van der Waals surface area contributed by atoms with Gasteiger partial charge in [0.05, 0.1) is 16.9 Å². The van der Waals surface area contributed by atoms with Crippen molar-refractivity contribution in [3.05, 3.63) is 0 Å². The van der Waals surface area contributed by atoms with Crippen molar-refractivity contribution in [2.24, 2.45) is 11.1 Å². The summed E-state index contributed by atoms with van der Waals surface area (Å²) in [6.45, 7) is 0.371. The van der Waals surface area contributed by atoms with Crippen LogP contribution in [-0.2, 0) is 14.6 Å².